The van der Waals surface area contributed by atoms with Crippen LogP contribution < -0.4 is 14.3 Å². The number of rotatable bonds is 11. The van der Waals surface area contributed by atoms with E-state index in [0.29, 0.717) is 11.1 Å². The molecule has 0 spiro atoms. The predicted octanol–water partition coefficient (Wildman–Crippen LogP) is 7.99. The van der Waals surface area contributed by atoms with Crippen molar-refractivity contribution >= 4 is 40.9 Å². The highest BCUT2D eigenvalue weighted by Crippen LogP contribution is 2.58. The third kappa shape index (κ3) is 6.87. The molecule has 0 saturated heterocycles. The zero-order valence-corrected chi connectivity index (χ0v) is 24.0. The third-order valence-electron chi connectivity index (χ3n) is 5.84. The largest absolute Gasteiger partial charge is 0.465 e. The Hall–Kier alpha value is -3.87. The lowest BCUT2D eigenvalue weighted by molar-refractivity contribution is -0.145. The smallest absolute Gasteiger partial charge is 0.355 e. The monoisotopic (exact) mass is 645 g/mol. The highest BCUT2D eigenvalue weighted by Gasteiger charge is 2.41. The normalized spacial score (nSPS) is 14.1. The first-order valence-corrected chi connectivity index (χ1v) is 15.1. The van der Waals surface area contributed by atoms with E-state index in [1.165, 1.54) is 37.3 Å². The molecule has 3 aromatic carbocycles. The molecule has 0 bridgehead atoms. The second kappa shape index (κ2) is 13.2. The van der Waals surface area contributed by atoms with Crippen molar-refractivity contribution < 1.29 is 54.5 Å². The first kappa shape index (κ1) is 32.1. The molecule has 0 amide bonds. The molecule has 1 unspecified atom stereocenters. The standard InChI is InChI=1S/C28H22F6NO6PS/c1-3-11-39-27(36)14(2)35-42(38,41-17-7-5-4-6-8-17)26(34)15-9-10-18-16(12-15)13-19(43-18)28(37)40-25-23(32)21(30)20(29)22(31)24(25)33/h4-10,12-14,26H,3,11H2,1-2H3,(H,35,38)/t14-,26?,42-/m0/s1. The topological polar surface area (TPSA) is 90.9 Å². The molecule has 0 fully saturated rings. The van der Waals surface area contributed by atoms with E-state index in [2.05, 4.69) is 9.82 Å². The number of alkyl halides is 1. The van der Waals surface area contributed by atoms with Crippen LogP contribution in [0.2, 0.25) is 0 Å². The van der Waals surface area contributed by atoms with Gasteiger partial charge in [0.2, 0.25) is 40.7 Å². The Kier molecular flexibility index (Phi) is 9.83. The Morgan fingerprint density at radius 2 is 1.56 bits per heavy atom. The van der Waals surface area contributed by atoms with Gasteiger partial charge in [-0.25, -0.2) is 27.4 Å². The molecular formula is C28H22F6NO6PS. The van der Waals surface area contributed by atoms with Gasteiger partial charge in [0.1, 0.15) is 16.7 Å². The van der Waals surface area contributed by atoms with Gasteiger partial charge in [0.05, 0.1) is 6.61 Å². The summed E-state index contributed by atoms with van der Waals surface area (Å²) in [6, 6.07) is 11.4. The molecule has 1 N–H and O–H groups in total. The van der Waals surface area contributed by atoms with Crippen LogP contribution in [0, 0.1) is 29.1 Å². The first-order valence-electron chi connectivity index (χ1n) is 12.6. The van der Waals surface area contributed by atoms with Crippen molar-refractivity contribution in [1.82, 2.24) is 5.09 Å². The molecule has 3 atom stereocenters. The van der Waals surface area contributed by atoms with E-state index in [4.69, 9.17) is 9.26 Å². The molecule has 0 aliphatic heterocycles. The molecule has 0 radical (unpaired) electrons. The number of hydrogen-bond donors (Lipinski definition) is 1. The number of benzene rings is 3. The van der Waals surface area contributed by atoms with E-state index in [1.807, 2.05) is 0 Å². The minimum atomic E-state index is -4.55. The summed E-state index contributed by atoms with van der Waals surface area (Å²) in [6.07, 6.45) is 0.528. The van der Waals surface area contributed by atoms with Crippen molar-refractivity contribution in [3.63, 3.8) is 0 Å². The number of thiophene rings is 1. The van der Waals surface area contributed by atoms with Crippen LogP contribution in [0.3, 0.4) is 0 Å². The molecule has 0 saturated carbocycles. The Morgan fingerprint density at radius 3 is 2.19 bits per heavy atom. The van der Waals surface area contributed by atoms with E-state index < -0.39 is 66.2 Å². The summed E-state index contributed by atoms with van der Waals surface area (Å²) in [5.74, 6) is -18.0. The lowest BCUT2D eigenvalue weighted by Crippen LogP contribution is -2.35. The van der Waals surface area contributed by atoms with Crippen molar-refractivity contribution in [2.45, 2.75) is 32.2 Å². The zero-order chi connectivity index (χ0) is 31.5. The van der Waals surface area contributed by atoms with Gasteiger partial charge >= 0.3 is 19.5 Å². The Labute approximate surface area is 244 Å². The van der Waals surface area contributed by atoms with Crippen molar-refractivity contribution in [1.29, 1.82) is 0 Å². The summed E-state index contributed by atoms with van der Waals surface area (Å²) in [4.78, 5) is 24.6. The lowest BCUT2D eigenvalue weighted by Gasteiger charge is -2.26. The number of carbonyl (C=O) groups is 2. The molecule has 4 aromatic rings. The van der Waals surface area contributed by atoms with Crippen molar-refractivity contribution in [2.75, 3.05) is 6.61 Å². The molecular weight excluding hydrogens is 623 g/mol. The number of hydrogen-bond acceptors (Lipinski definition) is 7. The summed E-state index contributed by atoms with van der Waals surface area (Å²) in [5, 5.41) is 2.62. The average Bonchev–Trinajstić information content (AvgIpc) is 3.43. The Morgan fingerprint density at radius 1 is 0.930 bits per heavy atom. The fourth-order valence-electron chi connectivity index (χ4n) is 3.75. The van der Waals surface area contributed by atoms with Crippen LogP contribution in [0.5, 0.6) is 11.5 Å². The van der Waals surface area contributed by atoms with Crippen molar-refractivity contribution in [2.24, 2.45) is 0 Å². The maximum absolute atomic E-state index is 16.0. The van der Waals surface area contributed by atoms with E-state index in [9.17, 15) is 36.1 Å². The number of nitrogens with one attached hydrogen (secondary N) is 1. The minimum absolute atomic E-state index is 0.0462. The van der Waals surface area contributed by atoms with Crippen LogP contribution in [0.25, 0.3) is 10.1 Å². The van der Waals surface area contributed by atoms with Crippen LogP contribution in [-0.4, -0.2) is 24.6 Å². The number of para-hydroxylation sites is 1. The molecule has 15 heteroatoms. The SMILES string of the molecule is CCCOC(=O)[C@H](C)N[P@@](=O)(Oc1ccccc1)C(F)c1ccc2sc(C(=O)Oc3c(F)c(F)c(F)c(F)c3F)cc2c1. The van der Waals surface area contributed by atoms with E-state index in [-0.39, 0.29) is 28.2 Å². The molecule has 1 aromatic heterocycles. The molecule has 4 rings (SSSR count). The molecule has 43 heavy (non-hydrogen) atoms. The highest BCUT2D eigenvalue weighted by molar-refractivity contribution is 7.57. The van der Waals surface area contributed by atoms with Crippen LogP contribution >= 0.6 is 18.9 Å². The summed E-state index contributed by atoms with van der Waals surface area (Å²) < 4.78 is 114. The van der Waals surface area contributed by atoms with Gasteiger partial charge in [0.25, 0.3) is 0 Å². The fraction of sp³-hybridized carbons (Fsp3) is 0.214. The first-order chi connectivity index (χ1) is 20.4. The Balaban J connectivity index is 1.63. The minimum Gasteiger partial charge on any atom is -0.465 e. The summed E-state index contributed by atoms with van der Waals surface area (Å²) in [7, 11) is -4.55. The predicted molar refractivity (Wildman–Crippen MR) is 145 cm³/mol. The van der Waals surface area contributed by atoms with Gasteiger partial charge in [-0.1, -0.05) is 31.2 Å². The van der Waals surface area contributed by atoms with Crippen molar-refractivity contribution in [3.8, 4) is 11.5 Å². The lowest BCUT2D eigenvalue weighted by atomic mass is 10.2. The Bertz CT molecular complexity index is 1690. The number of esters is 2. The second-order valence-corrected chi connectivity index (χ2v) is 12.2. The summed E-state index contributed by atoms with van der Waals surface area (Å²) in [5.41, 5.74) is -0.189. The maximum atomic E-state index is 16.0. The summed E-state index contributed by atoms with van der Waals surface area (Å²) >= 11 is 0.720. The molecule has 7 nitrogen and oxygen atoms in total. The summed E-state index contributed by atoms with van der Waals surface area (Å²) in [6.45, 7) is 3.20. The van der Waals surface area contributed by atoms with Gasteiger partial charge < -0.3 is 14.0 Å². The van der Waals surface area contributed by atoms with Crippen LogP contribution in [0.15, 0.2) is 54.6 Å². The zero-order valence-electron chi connectivity index (χ0n) is 22.3. The van der Waals surface area contributed by atoms with E-state index >= 15 is 4.39 Å². The number of halogens is 6. The van der Waals surface area contributed by atoms with Crippen molar-refractivity contribution in [3.05, 3.63) is 94.1 Å². The van der Waals surface area contributed by atoms with Gasteiger partial charge in [-0.3, -0.25) is 9.36 Å². The van der Waals surface area contributed by atoms with E-state index in [0.717, 1.165) is 17.4 Å². The van der Waals surface area contributed by atoms with Crippen LogP contribution in [-0.2, 0) is 14.1 Å². The van der Waals surface area contributed by atoms with E-state index in [1.54, 1.807) is 25.1 Å². The molecule has 0 aliphatic rings. The van der Waals surface area contributed by atoms with Gasteiger partial charge in [-0.2, -0.15) is 8.78 Å². The maximum Gasteiger partial charge on any atom is 0.355 e. The van der Waals surface area contributed by atoms with Gasteiger partial charge in [0, 0.05) is 4.70 Å². The van der Waals surface area contributed by atoms with Gasteiger partial charge in [0.15, 0.2) is 0 Å². The quantitative estimate of drug-likeness (QED) is 0.0442. The number of carbonyl (C=O) groups excluding carboxylic acids is 2. The average molecular weight is 646 g/mol. The number of fused-ring (bicyclic) bond motifs is 1. The molecule has 1 heterocycles. The van der Waals surface area contributed by atoms with Gasteiger partial charge in [-0.05, 0) is 54.6 Å². The second-order valence-electron chi connectivity index (χ2n) is 9.05. The van der Waals surface area contributed by atoms with Crippen LogP contribution in [0.1, 0.15) is 41.4 Å². The number of ether oxygens (including phenoxy) is 2. The molecule has 228 valence electrons. The molecule has 0 aliphatic carbocycles. The van der Waals surface area contributed by atoms with Gasteiger partial charge in [-0.15, -0.1) is 11.3 Å². The fourth-order valence-corrected chi connectivity index (χ4v) is 6.58. The highest BCUT2D eigenvalue weighted by atomic mass is 32.1. The third-order valence-corrected chi connectivity index (χ3v) is 9.06. The van der Waals surface area contributed by atoms with Crippen LogP contribution in [0.4, 0.5) is 26.3 Å².